The third-order valence-corrected chi connectivity index (χ3v) is 5.92. The van der Waals surface area contributed by atoms with Gasteiger partial charge in [0.05, 0.1) is 19.3 Å². The summed E-state index contributed by atoms with van der Waals surface area (Å²) in [6.07, 6.45) is 4.78. The Kier molecular flexibility index (Phi) is 5.48. The third-order valence-electron chi connectivity index (χ3n) is 4.64. The lowest BCUT2D eigenvalue weighted by Gasteiger charge is -2.27. The van der Waals surface area contributed by atoms with Gasteiger partial charge in [-0.1, -0.05) is 30.3 Å². The van der Waals surface area contributed by atoms with Gasteiger partial charge in [0.2, 0.25) is 15.9 Å². The summed E-state index contributed by atoms with van der Waals surface area (Å²) in [5, 5.41) is 0. The number of carbonyl (C=O) groups is 1. The fourth-order valence-electron chi connectivity index (χ4n) is 3.01. The first-order valence-corrected chi connectivity index (χ1v) is 10.6. The zero-order valence-corrected chi connectivity index (χ0v) is 16.0. The molecular formula is C19H25N3O3S. The lowest BCUT2D eigenvalue weighted by atomic mass is 10.2. The van der Waals surface area contributed by atoms with Gasteiger partial charge >= 0.3 is 0 Å². The molecule has 7 heteroatoms. The van der Waals surface area contributed by atoms with Gasteiger partial charge in [-0.05, 0) is 30.5 Å². The highest BCUT2D eigenvalue weighted by Gasteiger charge is 2.37. The predicted octanol–water partition coefficient (Wildman–Crippen LogP) is 1.98. The van der Waals surface area contributed by atoms with Crippen LogP contribution in [0.2, 0.25) is 0 Å². The second-order valence-electron chi connectivity index (χ2n) is 6.89. The summed E-state index contributed by atoms with van der Waals surface area (Å²) < 4.78 is 27.4. The summed E-state index contributed by atoms with van der Waals surface area (Å²) in [4.78, 5) is 14.7. The van der Waals surface area contributed by atoms with Gasteiger partial charge in [0.25, 0.3) is 0 Å². The van der Waals surface area contributed by atoms with Crippen molar-refractivity contribution in [3.8, 4) is 0 Å². The topological polar surface area (TPSA) is 62.6 Å². The van der Waals surface area contributed by atoms with E-state index in [2.05, 4.69) is 0 Å². The number of rotatable bonds is 8. The van der Waals surface area contributed by atoms with E-state index in [9.17, 15) is 13.2 Å². The van der Waals surface area contributed by atoms with Crippen molar-refractivity contribution in [3.63, 3.8) is 0 Å². The quantitative estimate of drug-likeness (QED) is 0.709. The second-order valence-corrected chi connectivity index (χ2v) is 8.82. The van der Waals surface area contributed by atoms with Crippen LogP contribution in [0.15, 0.2) is 48.7 Å². The van der Waals surface area contributed by atoms with Crippen LogP contribution in [-0.2, 0) is 35.0 Å². The first kappa shape index (κ1) is 18.7. The van der Waals surface area contributed by atoms with Crippen LogP contribution in [0.3, 0.4) is 0 Å². The Bertz CT molecular complexity index is 857. The van der Waals surface area contributed by atoms with Crippen molar-refractivity contribution in [2.45, 2.75) is 32.0 Å². The van der Waals surface area contributed by atoms with Gasteiger partial charge in [-0.25, -0.2) is 8.42 Å². The molecule has 1 saturated carbocycles. The minimum atomic E-state index is -3.39. The number of hydrogen-bond donors (Lipinski definition) is 0. The van der Waals surface area contributed by atoms with Crippen LogP contribution in [0.5, 0.6) is 0 Å². The highest BCUT2D eigenvalue weighted by Crippen LogP contribution is 2.29. The van der Waals surface area contributed by atoms with Gasteiger partial charge < -0.3 is 9.47 Å². The molecule has 1 aliphatic rings. The van der Waals surface area contributed by atoms with E-state index in [0.717, 1.165) is 24.1 Å². The van der Waals surface area contributed by atoms with Crippen molar-refractivity contribution in [1.29, 1.82) is 0 Å². The molecular weight excluding hydrogens is 350 g/mol. The molecule has 1 aromatic carbocycles. The fourth-order valence-corrected chi connectivity index (χ4v) is 4.10. The van der Waals surface area contributed by atoms with Crippen molar-refractivity contribution in [3.05, 3.63) is 59.9 Å². The molecule has 0 bridgehead atoms. The number of sulfonamides is 1. The van der Waals surface area contributed by atoms with Crippen LogP contribution in [-0.4, -0.2) is 46.9 Å². The van der Waals surface area contributed by atoms with Crippen molar-refractivity contribution < 1.29 is 13.2 Å². The number of aromatic nitrogens is 1. The summed E-state index contributed by atoms with van der Waals surface area (Å²) in [7, 11) is -1.45. The summed E-state index contributed by atoms with van der Waals surface area (Å²) >= 11 is 0. The van der Waals surface area contributed by atoms with Crippen molar-refractivity contribution in [2.24, 2.45) is 7.05 Å². The maximum atomic E-state index is 13.0. The van der Waals surface area contributed by atoms with Gasteiger partial charge in [0.1, 0.15) is 0 Å². The first-order valence-electron chi connectivity index (χ1n) is 8.73. The summed E-state index contributed by atoms with van der Waals surface area (Å²) in [6.45, 7) is 0.799. The normalized spacial score (nSPS) is 14.6. The molecule has 1 aromatic heterocycles. The number of aryl methyl sites for hydroxylation is 1. The van der Waals surface area contributed by atoms with E-state index in [0.29, 0.717) is 13.1 Å². The lowest BCUT2D eigenvalue weighted by Crippen LogP contribution is -2.43. The molecule has 1 aliphatic carbocycles. The Hall–Kier alpha value is -2.12. The molecule has 3 rings (SSSR count). The van der Waals surface area contributed by atoms with Gasteiger partial charge in [-0.3, -0.25) is 4.79 Å². The highest BCUT2D eigenvalue weighted by molar-refractivity contribution is 7.88. The Labute approximate surface area is 155 Å². The van der Waals surface area contributed by atoms with Crippen LogP contribution in [0.4, 0.5) is 0 Å². The Morgan fingerprint density at radius 3 is 2.35 bits per heavy atom. The van der Waals surface area contributed by atoms with Crippen molar-refractivity contribution in [2.75, 3.05) is 12.8 Å². The SMILES string of the molecule is Cn1cccc1CN(Cc1ccccc1)C(=O)CN(C1CC1)S(C)(=O)=O. The number of nitrogens with zero attached hydrogens (tertiary/aromatic N) is 3. The van der Waals surface area contributed by atoms with E-state index in [-0.39, 0.29) is 18.5 Å². The predicted molar refractivity (Wildman–Crippen MR) is 101 cm³/mol. The van der Waals surface area contributed by atoms with Crippen LogP contribution in [0, 0.1) is 0 Å². The molecule has 0 unspecified atom stereocenters. The number of amides is 1. The van der Waals surface area contributed by atoms with E-state index in [1.807, 2.05) is 60.3 Å². The maximum Gasteiger partial charge on any atom is 0.238 e. The molecule has 0 N–H and O–H groups in total. The number of hydrogen-bond acceptors (Lipinski definition) is 3. The van der Waals surface area contributed by atoms with Crippen LogP contribution >= 0.6 is 0 Å². The molecule has 0 spiro atoms. The minimum Gasteiger partial charge on any atom is -0.353 e. The molecule has 0 radical (unpaired) electrons. The van der Waals surface area contributed by atoms with Crippen molar-refractivity contribution in [1.82, 2.24) is 13.8 Å². The van der Waals surface area contributed by atoms with E-state index < -0.39 is 10.0 Å². The summed E-state index contributed by atoms with van der Waals surface area (Å²) in [6, 6.07) is 13.6. The maximum absolute atomic E-state index is 13.0. The molecule has 140 valence electrons. The van der Waals surface area contributed by atoms with E-state index in [1.165, 1.54) is 10.6 Å². The van der Waals surface area contributed by atoms with Gasteiger partial charge in [-0.15, -0.1) is 0 Å². The zero-order valence-electron chi connectivity index (χ0n) is 15.2. The van der Waals surface area contributed by atoms with E-state index in [1.54, 1.807) is 4.90 Å². The summed E-state index contributed by atoms with van der Waals surface area (Å²) in [5.41, 5.74) is 2.03. The average Bonchev–Trinajstić information content (AvgIpc) is 3.35. The number of carbonyl (C=O) groups excluding carboxylic acids is 1. The molecule has 0 saturated heterocycles. The Morgan fingerprint density at radius 1 is 1.12 bits per heavy atom. The zero-order chi connectivity index (χ0) is 18.7. The Morgan fingerprint density at radius 2 is 1.81 bits per heavy atom. The highest BCUT2D eigenvalue weighted by atomic mass is 32.2. The average molecular weight is 375 g/mol. The van der Waals surface area contributed by atoms with E-state index >= 15 is 0 Å². The fraction of sp³-hybridized carbons (Fsp3) is 0.421. The molecule has 6 nitrogen and oxygen atoms in total. The minimum absolute atomic E-state index is 0.0254. The molecule has 1 heterocycles. The van der Waals surface area contributed by atoms with E-state index in [4.69, 9.17) is 0 Å². The van der Waals surface area contributed by atoms with Crippen molar-refractivity contribution >= 4 is 15.9 Å². The molecule has 2 aromatic rings. The third kappa shape index (κ3) is 4.74. The monoisotopic (exact) mass is 375 g/mol. The van der Waals surface area contributed by atoms with Gasteiger partial charge in [0, 0.05) is 31.5 Å². The smallest absolute Gasteiger partial charge is 0.238 e. The lowest BCUT2D eigenvalue weighted by molar-refractivity contribution is -0.132. The molecule has 26 heavy (non-hydrogen) atoms. The van der Waals surface area contributed by atoms with Gasteiger partial charge in [-0.2, -0.15) is 4.31 Å². The number of benzene rings is 1. The molecule has 0 atom stereocenters. The molecule has 1 amide bonds. The first-order chi connectivity index (χ1) is 12.3. The standard InChI is InChI=1S/C19H25N3O3S/c1-20-12-6-9-18(20)14-21(13-16-7-4-3-5-8-16)19(23)15-22(17-10-11-17)26(2,24)25/h3-9,12,17H,10-11,13-15H2,1-2H3. The Balaban J connectivity index is 1.79. The molecule has 1 fully saturated rings. The largest absolute Gasteiger partial charge is 0.353 e. The van der Waals surface area contributed by atoms with Crippen LogP contribution < -0.4 is 0 Å². The molecule has 0 aliphatic heterocycles. The van der Waals surface area contributed by atoms with Crippen LogP contribution in [0.25, 0.3) is 0 Å². The van der Waals surface area contributed by atoms with Crippen LogP contribution in [0.1, 0.15) is 24.1 Å². The van der Waals surface area contributed by atoms with Gasteiger partial charge in [0.15, 0.2) is 0 Å². The second kappa shape index (κ2) is 7.63. The summed E-state index contributed by atoms with van der Waals surface area (Å²) in [5.74, 6) is -0.174.